The van der Waals surface area contributed by atoms with Crippen molar-refractivity contribution in [3.8, 4) is 17.6 Å². The number of hydrogen-bond acceptors (Lipinski definition) is 4. The second-order valence-corrected chi connectivity index (χ2v) is 9.74. The summed E-state index contributed by atoms with van der Waals surface area (Å²) in [5.41, 5.74) is 2.33. The van der Waals surface area contributed by atoms with Gasteiger partial charge in [-0.1, -0.05) is 28.1 Å². The predicted molar refractivity (Wildman–Crippen MR) is 145 cm³/mol. The number of nitriles is 1. The number of amides is 1. The molecule has 0 unspecified atom stereocenters. The van der Waals surface area contributed by atoms with Gasteiger partial charge in [0, 0.05) is 10.2 Å². The van der Waals surface area contributed by atoms with Crippen LogP contribution < -0.4 is 14.8 Å². The van der Waals surface area contributed by atoms with E-state index in [1.54, 1.807) is 30.3 Å². The molecule has 0 radical (unpaired) electrons. The molecular weight excluding hydrogens is 663 g/mol. The quantitative estimate of drug-likeness (QED) is 0.154. The molecule has 0 saturated carbocycles. The zero-order valence-electron chi connectivity index (χ0n) is 17.6. The van der Waals surface area contributed by atoms with Crippen LogP contribution in [0.3, 0.4) is 0 Å². The summed E-state index contributed by atoms with van der Waals surface area (Å²) in [6.45, 7) is 2.89. The molecule has 0 atom stereocenters. The summed E-state index contributed by atoms with van der Waals surface area (Å²) < 4.78 is 14.0. The number of carbonyl (C=O) groups excluding carboxylic acids is 1. The molecule has 3 rings (SSSR count). The monoisotopic (exact) mass is 680 g/mol. The van der Waals surface area contributed by atoms with E-state index in [-0.39, 0.29) is 5.57 Å². The van der Waals surface area contributed by atoms with Crippen molar-refractivity contribution >= 4 is 72.1 Å². The van der Waals surface area contributed by atoms with Crippen LogP contribution in [0.2, 0.25) is 0 Å². The number of anilines is 1. The van der Waals surface area contributed by atoms with Crippen molar-refractivity contribution in [1.29, 1.82) is 5.26 Å². The maximum atomic E-state index is 12.6. The average molecular weight is 682 g/mol. The highest BCUT2D eigenvalue weighted by Crippen LogP contribution is 2.33. The fraction of sp³-hybridized carbons (Fsp3) is 0.120. The predicted octanol–water partition coefficient (Wildman–Crippen LogP) is 7.34. The third kappa shape index (κ3) is 7.32. The molecule has 0 bridgehead atoms. The van der Waals surface area contributed by atoms with Gasteiger partial charge in [0.2, 0.25) is 0 Å². The molecular formula is C25H19Br2IN2O3. The zero-order chi connectivity index (χ0) is 23.8. The zero-order valence-corrected chi connectivity index (χ0v) is 22.9. The van der Waals surface area contributed by atoms with Crippen LogP contribution in [-0.2, 0) is 11.4 Å². The Labute approximate surface area is 223 Å². The maximum absolute atomic E-state index is 12.6. The Morgan fingerprint density at radius 3 is 2.39 bits per heavy atom. The van der Waals surface area contributed by atoms with Gasteiger partial charge < -0.3 is 14.8 Å². The molecule has 0 heterocycles. The standard InChI is InChI=1S/C25H19Br2IN2O3/c1-2-32-21-9-7-20(8-10-21)30-25(31)18(14-29)11-17-12-22(27)24(23(28)13-17)33-15-16-3-5-19(26)6-4-16/h3-13H,2,15H2,1H3,(H,30,31)/b18-11-. The molecule has 0 aromatic heterocycles. The molecule has 8 heteroatoms. The van der Waals surface area contributed by atoms with Crippen LogP contribution in [0.4, 0.5) is 5.69 Å². The third-order valence-corrected chi connectivity index (χ3v) is 6.34. The molecule has 3 aromatic carbocycles. The highest BCUT2D eigenvalue weighted by Gasteiger charge is 2.13. The Morgan fingerprint density at radius 1 is 1.09 bits per heavy atom. The summed E-state index contributed by atoms with van der Waals surface area (Å²) >= 11 is 9.14. The molecule has 1 amide bonds. The second-order valence-electron chi connectivity index (χ2n) is 6.81. The van der Waals surface area contributed by atoms with Gasteiger partial charge in [-0.25, -0.2) is 0 Å². The van der Waals surface area contributed by atoms with E-state index >= 15 is 0 Å². The second kappa shape index (κ2) is 12.2. The number of nitrogens with one attached hydrogen (secondary N) is 1. The average Bonchev–Trinajstić information content (AvgIpc) is 2.79. The van der Waals surface area contributed by atoms with E-state index in [4.69, 9.17) is 9.47 Å². The summed E-state index contributed by atoms with van der Waals surface area (Å²) in [4.78, 5) is 12.6. The van der Waals surface area contributed by atoms with Crippen LogP contribution >= 0.6 is 54.5 Å². The molecule has 0 aliphatic heterocycles. The Hall–Kier alpha value is -2.35. The summed E-state index contributed by atoms with van der Waals surface area (Å²) in [6, 6.07) is 20.6. The van der Waals surface area contributed by atoms with Crippen molar-refractivity contribution in [1.82, 2.24) is 0 Å². The van der Waals surface area contributed by atoms with Crippen molar-refractivity contribution in [3.05, 3.63) is 89.9 Å². The summed E-state index contributed by atoms with van der Waals surface area (Å²) in [6.07, 6.45) is 1.55. The van der Waals surface area contributed by atoms with Gasteiger partial charge in [-0.3, -0.25) is 4.79 Å². The minimum absolute atomic E-state index is 0.00452. The Kier molecular flexibility index (Phi) is 9.35. The topological polar surface area (TPSA) is 71.3 Å². The van der Waals surface area contributed by atoms with E-state index in [9.17, 15) is 10.1 Å². The first-order chi connectivity index (χ1) is 15.9. The number of carbonyl (C=O) groups is 1. The van der Waals surface area contributed by atoms with Crippen molar-refractivity contribution in [2.24, 2.45) is 0 Å². The van der Waals surface area contributed by atoms with E-state index < -0.39 is 5.91 Å². The summed E-state index contributed by atoms with van der Waals surface area (Å²) in [7, 11) is 0. The van der Waals surface area contributed by atoms with Gasteiger partial charge in [0.25, 0.3) is 5.91 Å². The lowest BCUT2D eigenvalue weighted by molar-refractivity contribution is -0.112. The highest BCUT2D eigenvalue weighted by molar-refractivity contribution is 14.1. The number of halogens is 3. The van der Waals surface area contributed by atoms with Gasteiger partial charge in [-0.15, -0.1) is 0 Å². The van der Waals surface area contributed by atoms with E-state index in [1.165, 1.54) is 0 Å². The molecule has 0 aliphatic rings. The van der Waals surface area contributed by atoms with Gasteiger partial charge in [0.15, 0.2) is 0 Å². The molecule has 0 spiro atoms. The Morgan fingerprint density at radius 2 is 1.79 bits per heavy atom. The lowest BCUT2D eigenvalue weighted by atomic mass is 10.1. The number of rotatable bonds is 8. The number of benzene rings is 3. The van der Waals surface area contributed by atoms with Crippen molar-refractivity contribution < 1.29 is 14.3 Å². The van der Waals surface area contributed by atoms with Gasteiger partial charge in [-0.05, 0) is 111 Å². The molecule has 33 heavy (non-hydrogen) atoms. The van der Waals surface area contributed by atoms with Crippen molar-refractivity contribution in [2.75, 3.05) is 11.9 Å². The molecule has 0 saturated heterocycles. The Balaban J connectivity index is 1.72. The smallest absolute Gasteiger partial charge is 0.266 e. The van der Waals surface area contributed by atoms with Crippen LogP contribution in [0.5, 0.6) is 11.5 Å². The van der Waals surface area contributed by atoms with Gasteiger partial charge in [-0.2, -0.15) is 5.26 Å². The minimum Gasteiger partial charge on any atom is -0.494 e. The fourth-order valence-corrected chi connectivity index (χ4v) is 4.88. The molecule has 0 aliphatic carbocycles. The number of ether oxygens (including phenoxy) is 2. The van der Waals surface area contributed by atoms with E-state index in [0.29, 0.717) is 36.0 Å². The van der Waals surface area contributed by atoms with Crippen LogP contribution in [0, 0.1) is 14.9 Å². The van der Waals surface area contributed by atoms with E-state index in [1.807, 2.05) is 49.4 Å². The SMILES string of the molecule is CCOc1ccc(NC(=O)/C(C#N)=C\c2cc(Br)c(OCc3ccc(Br)cc3)c(I)c2)cc1. The highest BCUT2D eigenvalue weighted by atomic mass is 127. The molecule has 0 fully saturated rings. The number of nitrogens with zero attached hydrogens (tertiary/aromatic N) is 1. The number of hydrogen-bond donors (Lipinski definition) is 1. The molecule has 5 nitrogen and oxygen atoms in total. The van der Waals surface area contributed by atoms with Gasteiger partial charge in [0.05, 0.1) is 14.6 Å². The fourth-order valence-electron chi connectivity index (χ4n) is 2.85. The van der Waals surface area contributed by atoms with Crippen LogP contribution in [0.15, 0.2) is 75.2 Å². The molecule has 168 valence electrons. The summed E-state index contributed by atoms with van der Waals surface area (Å²) in [5.74, 6) is 0.935. The summed E-state index contributed by atoms with van der Waals surface area (Å²) in [5, 5.41) is 12.3. The maximum Gasteiger partial charge on any atom is 0.266 e. The van der Waals surface area contributed by atoms with Gasteiger partial charge >= 0.3 is 0 Å². The van der Waals surface area contributed by atoms with E-state index in [0.717, 1.165) is 18.1 Å². The van der Waals surface area contributed by atoms with Crippen molar-refractivity contribution in [2.45, 2.75) is 13.5 Å². The normalized spacial score (nSPS) is 10.9. The first-order valence-corrected chi connectivity index (χ1v) is 12.6. The first kappa shape index (κ1) is 25.3. The van der Waals surface area contributed by atoms with Gasteiger partial charge in [0.1, 0.15) is 29.7 Å². The lowest BCUT2D eigenvalue weighted by Crippen LogP contribution is -2.13. The molecule has 1 N–H and O–H groups in total. The van der Waals surface area contributed by atoms with Crippen LogP contribution in [0.1, 0.15) is 18.1 Å². The Bertz CT molecular complexity index is 1180. The van der Waals surface area contributed by atoms with Crippen molar-refractivity contribution in [3.63, 3.8) is 0 Å². The van der Waals surface area contributed by atoms with Crippen LogP contribution in [0.25, 0.3) is 6.08 Å². The first-order valence-electron chi connectivity index (χ1n) is 9.92. The third-order valence-electron chi connectivity index (χ3n) is 4.42. The minimum atomic E-state index is -0.483. The largest absolute Gasteiger partial charge is 0.494 e. The van der Waals surface area contributed by atoms with E-state index in [2.05, 4.69) is 59.8 Å². The van der Waals surface area contributed by atoms with Crippen LogP contribution in [-0.4, -0.2) is 12.5 Å². The lowest BCUT2D eigenvalue weighted by Gasteiger charge is -2.12. The molecule has 3 aromatic rings.